The minimum atomic E-state index is -0.0295. The van der Waals surface area contributed by atoms with Crippen molar-refractivity contribution in [1.29, 1.82) is 0 Å². The fourth-order valence-corrected chi connectivity index (χ4v) is 2.76. The molecule has 0 radical (unpaired) electrons. The Morgan fingerprint density at radius 3 is 2.81 bits per heavy atom. The Balaban J connectivity index is 1.93. The molecule has 1 amide bonds. The summed E-state index contributed by atoms with van der Waals surface area (Å²) in [7, 11) is 4.15. The summed E-state index contributed by atoms with van der Waals surface area (Å²) in [6, 6.07) is 7.87. The van der Waals surface area contributed by atoms with Crippen molar-refractivity contribution in [2.75, 3.05) is 39.0 Å². The predicted octanol–water partition coefficient (Wildman–Crippen LogP) is 0.895. The maximum absolute atomic E-state index is 12.2. The van der Waals surface area contributed by atoms with Gasteiger partial charge in [-0.2, -0.15) is 0 Å². The third-order valence-corrected chi connectivity index (χ3v) is 4.03. The van der Waals surface area contributed by atoms with E-state index in [1.807, 2.05) is 24.3 Å². The molecule has 1 fully saturated rings. The highest BCUT2D eigenvalue weighted by atomic mass is 32.1. The van der Waals surface area contributed by atoms with Crippen LogP contribution in [-0.4, -0.2) is 60.5 Å². The third-order valence-electron chi connectivity index (χ3n) is 3.81. The number of nitrogens with zero attached hydrogens (tertiary/aromatic N) is 2. The standard InChI is InChI=1S/C15H22N4OS/c1-18(2)11-7-8-19(9-11)10-14(20)17-13-6-4-3-5-12(13)15(16)21/h3-6,11H,7-10H2,1-2H3,(H2,16,21)(H,17,20). The SMILES string of the molecule is CN(C)C1CCN(CC(=O)Nc2ccccc2C(N)=S)C1. The maximum Gasteiger partial charge on any atom is 0.238 e. The van der Waals surface area contributed by atoms with Gasteiger partial charge in [-0.1, -0.05) is 24.4 Å². The number of hydrogen-bond donors (Lipinski definition) is 2. The number of likely N-dealkylation sites (N-methyl/N-ethyl adjacent to an activating group) is 1. The molecule has 0 bridgehead atoms. The number of thiocarbonyl (C=S) groups is 1. The number of rotatable bonds is 5. The third kappa shape index (κ3) is 4.23. The van der Waals surface area contributed by atoms with Gasteiger partial charge in [-0.3, -0.25) is 9.69 Å². The molecule has 0 saturated carbocycles. The Labute approximate surface area is 131 Å². The summed E-state index contributed by atoms with van der Waals surface area (Å²) in [5.74, 6) is -0.0295. The quantitative estimate of drug-likeness (QED) is 0.791. The van der Waals surface area contributed by atoms with Crippen molar-refractivity contribution in [3.63, 3.8) is 0 Å². The molecule has 1 aromatic carbocycles. The second kappa shape index (κ2) is 6.98. The summed E-state index contributed by atoms with van der Waals surface area (Å²) in [6.45, 7) is 2.28. The van der Waals surface area contributed by atoms with E-state index in [-0.39, 0.29) is 5.91 Å². The van der Waals surface area contributed by atoms with Crippen LogP contribution in [0, 0.1) is 0 Å². The van der Waals surface area contributed by atoms with Crippen LogP contribution in [-0.2, 0) is 4.79 Å². The number of anilines is 1. The van der Waals surface area contributed by atoms with E-state index in [4.69, 9.17) is 18.0 Å². The first-order chi connectivity index (χ1) is 9.97. The van der Waals surface area contributed by atoms with Crippen LogP contribution in [0.2, 0.25) is 0 Å². The average molecular weight is 306 g/mol. The van der Waals surface area contributed by atoms with Crippen LogP contribution in [0.1, 0.15) is 12.0 Å². The number of benzene rings is 1. The maximum atomic E-state index is 12.2. The zero-order valence-electron chi connectivity index (χ0n) is 12.5. The first-order valence-corrected chi connectivity index (χ1v) is 7.45. The molecule has 1 unspecified atom stereocenters. The van der Waals surface area contributed by atoms with Crippen molar-refractivity contribution in [3.05, 3.63) is 29.8 Å². The normalized spacial score (nSPS) is 18.9. The Morgan fingerprint density at radius 1 is 1.48 bits per heavy atom. The van der Waals surface area contributed by atoms with E-state index < -0.39 is 0 Å². The highest BCUT2D eigenvalue weighted by Gasteiger charge is 2.25. The number of amides is 1. The summed E-state index contributed by atoms with van der Waals surface area (Å²) in [6.07, 6.45) is 1.10. The fraction of sp³-hybridized carbons (Fsp3) is 0.467. The lowest BCUT2D eigenvalue weighted by molar-refractivity contribution is -0.117. The van der Waals surface area contributed by atoms with Gasteiger partial charge in [0.15, 0.2) is 0 Å². The molecule has 0 spiro atoms. The second-order valence-corrected chi connectivity index (χ2v) is 6.04. The molecule has 2 rings (SSSR count). The summed E-state index contributed by atoms with van der Waals surface area (Å²) in [5.41, 5.74) is 7.05. The van der Waals surface area contributed by atoms with Crippen molar-refractivity contribution >= 4 is 28.8 Å². The van der Waals surface area contributed by atoms with Crippen molar-refractivity contribution in [2.45, 2.75) is 12.5 Å². The van der Waals surface area contributed by atoms with Gasteiger partial charge in [0.2, 0.25) is 5.91 Å². The van der Waals surface area contributed by atoms with E-state index >= 15 is 0 Å². The van der Waals surface area contributed by atoms with Crippen LogP contribution in [0.4, 0.5) is 5.69 Å². The Kier molecular flexibility index (Phi) is 5.27. The lowest BCUT2D eigenvalue weighted by atomic mass is 10.2. The van der Waals surface area contributed by atoms with Gasteiger partial charge in [0.25, 0.3) is 0 Å². The largest absolute Gasteiger partial charge is 0.389 e. The van der Waals surface area contributed by atoms with Crippen LogP contribution in [0.3, 0.4) is 0 Å². The van der Waals surface area contributed by atoms with Gasteiger partial charge >= 0.3 is 0 Å². The molecule has 1 saturated heterocycles. The van der Waals surface area contributed by atoms with Crippen molar-refractivity contribution in [1.82, 2.24) is 9.80 Å². The highest BCUT2D eigenvalue weighted by molar-refractivity contribution is 7.80. The van der Waals surface area contributed by atoms with E-state index in [1.165, 1.54) is 0 Å². The summed E-state index contributed by atoms with van der Waals surface area (Å²) in [5, 5.41) is 2.90. The van der Waals surface area contributed by atoms with Gasteiger partial charge in [0.05, 0.1) is 12.2 Å². The molecule has 1 atom stereocenters. The molecular formula is C15H22N4OS. The monoisotopic (exact) mass is 306 g/mol. The smallest absolute Gasteiger partial charge is 0.238 e. The molecule has 3 N–H and O–H groups in total. The topological polar surface area (TPSA) is 61.6 Å². The van der Waals surface area contributed by atoms with E-state index in [0.29, 0.717) is 28.8 Å². The number of carbonyl (C=O) groups excluding carboxylic acids is 1. The Hall–Kier alpha value is -1.50. The van der Waals surface area contributed by atoms with Crippen LogP contribution in [0.5, 0.6) is 0 Å². The van der Waals surface area contributed by atoms with E-state index in [9.17, 15) is 4.79 Å². The number of likely N-dealkylation sites (tertiary alicyclic amines) is 1. The molecule has 0 aromatic heterocycles. The minimum absolute atomic E-state index is 0.0295. The van der Waals surface area contributed by atoms with Crippen molar-refractivity contribution in [3.8, 4) is 0 Å². The molecule has 6 heteroatoms. The number of carbonyl (C=O) groups is 1. The second-order valence-electron chi connectivity index (χ2n) is 5.60. The zero-order chi connectivity index (χ0) is 15.4. The first kappa shape index (κ1) is 15.9. The molecule has 1 aliphatic heterocycles. The molecule has 1 aliphatic rings. The van der Waals surface area contributed by atoms with Crippen LogP contribution < -0.4 is 11.1 Å². The lowest BCUT2D eigenvalue weighted by Gasteiger charge is -2.20. The summed E-state index contributed by atoms with van der Waals surface area (Å²) in [4.78, 5) is 16.8. The van der Waals surface area contributed by atoms with Crippen LogP contribution in [0.25, 0.3) is 0 Å². The number of hydrogen-bond acceptors (Lipinski definition) is 4. The molecule has 1 aromatic rings. The highest BCUT2D eigenvalue weighted by Crippen LogP contribution is 2.16. The first-order valence-electron chi connectivity index (χ1n) is 7.05. The Bertz CT molecular complexity index is 532. The molecule has 21 heavy (non-hydrogen) atoms. The average Bonchev–Trinajstić information content (AvgIpc) is 2.87. The van der Waals surface area contributed by atoms with Gasteiger partial charge in [-0.05, 0) is 32.6 Å². The predicted molar refractivity (Wildman–Crippen MR) is 89.5 cm³/mol. The molecule has 0 aliphatic carbocycles. The van der Waals surface area contributed by atoms with E-state index in [2.05, 4.69) is 29.2 Å². The van der Waals surface area contributed by atoms with Crippen LogP contribution in [0.15, 0.2) is 24.3 Å². The molecular weight excluding hydrogens is 284 g/mol. The molecule has 114 valence electrons. The van der Waals surface area contributed by atoms with Gasteiger partial charge < -0.3 is 16.0 Å². The number of nitrogens with two attached hydrogens (primary N) is 1. The number of nitrogens with one attached hydrogen (secondary N) is 1. The molecule has 1 heterocycles. The van der Waals surface area contributed by atoms with Crippen molar-refractivity contribution in [2.24, 2.45) is 5.73 Å². The molecule has 5 nitrogen and oxygen atoms in total. The van der Waals surface area contributed by atoms with Crippen LogP contribution >= 0.6 is 12.2 Å². The van der Waals surface area contributed by atoms with Crippen molar-refractivity contribution < 1.29 is 4.79 Å². The van der Waals surface area contributed by atoms with Gasteiger partial charge in [0, 0.05) is 24.7 Å². The summed E-state index contributed by atoms with van der Waals surface area (Å²) < 4.78 is 0. The number of para-hydroxylation sites is 1. The fourth-order valence-electron chi connectivity index (χ4n) is 2.58. The minimum Gasteiger partial charge on any atom is -0.389 e. The lowest BCUT2D eigenvalue weighted by Crippen LogP contribution is -2.35. The summed E-state index contributed by atoms with van der Waals surface area (Å²) >= 11 is 5.00. The van der Waals surface area contributed by atoms with E-state index in [1.54, 1.807) is 0 Å². The van der Waals surface area contributed by atoms with Gasteiger partial charge in [-0.25, -0.2) is 0 Å². The van der Waals surface area contributed by atoms with E-state index in [0.717, 1.165) is 19.5 Å². The Morgan fingerprint density at radius 2 is 2.19 bits per heavy atom. The van der Waals surface area contributed by atoms with Gasteiger partial charge in [0.1, 0.15) is 4.99 Å². The van der Waals surface area contributed by atoms with Gasteiger partial charge in [-0.15, -0.1) is 0 Å². The zero-order valence-corrected chi connectivity index (χ0v) is 13.3.